The molecular formula is C10H20N2O. The van der Waals surface area contributed by atoms with Crippen molar-refractivity contribution in [1.29, 1.82) is 0 Å². The molecule has 2 N–H and O–H groups in total. The summed E-state index contributed by atoms with van der Waals surface area (Å²) in [6.45, 7) is 4.08. The van der Waals surface area contributed by atoms with E-state index in [0.717, 1.165) is 6.61 Å². The molecule has 2 aliphatic rings. The van der Waals surface area contributed by atoms with E-state index in [-0.39, 0.29) is 0 Å². The fourth-order valence-corrected chi connectivity index (χ4v) is 2.49. The number of ether oxygens (including phenoxy) is 1. The second kappa shape index (κ2) is 3.56. The summed E-state index contributed by atoms with van der Waals surface area (Å²) < 4.78 is 5.69. The van der Waals surface area contributed by atoms with Gasteiger partial charge in [0.15, 0.2) is 0 Å². The highest BCUT2D eigenvalue weighted by atomic mass is 16.5. The van der Waals surface area contributed by atoms with Crippen LogP contribution in [0.5, 0.6) is 0 Å². The van der Waals surface area contributed by atoms with Crippen molar-refractivity contribution in [1.82, 2.24) is 4.90 Å². The normalized spacial score (nSPS) is 34.2. The van der Waals surface area contributed by atoms with Crippen LogP contribution < -0.4 is 5.73 Å². The first-order valence-electron chi connectivity index (χ1n) is 5.24. The Bertz CT molecular complexity index is 176. The van der Waals surface area contributed by atoms with Crippen LogP contribution in [0, 0.1) is 5.41 Å². The van der Waals surface area contributed by atoms with E-state index in [4.69, 9.17) is 10.5 Å². The summed E-state index contributed by atoms with van der Waals surface area (Å²) in [7, 11) is 2.20. The zero-order valence-corrected chi connectivity index (χ0v) is 8.46. The lowest BCUT2D eigenvalue weighted by Crippen LogP contribution is -2.38. The third-order valence-electron chi connectivity index (χ3n) is 3.60. The van der Waals surface area contributed by atoms with Crippen molar-refractivity contribution in [3.8, 4) is 0 Å². The van der Waals surface area contributed by atoms with Crippen molar-refractivity contribution in [2.75, 3.05) is 33.3 Å². The van der Waals surface area contributed by atoms with E-state index in [1.807, 2.05) is 0 Å². The highest BCUT2D eigenvalue weighted by Gasteiger charge is 2.41. The van der Waals surface area contributed by atoms with Crippen LogP contribution in [0.3, 0.4) is 0 Å². The Balaban J connectivity index is 1.92. The van der Waals surface area contributed by atoms with Crippen LogP contribution in [0.2, 0.25) is 0 Å². The number of nitrogens with two attached hydrogens (primary N) is 1. The van der Waals surface area contributed by atoms with Gasteiger partial charge in [0, 0.05) is 6.54 Å². The Hall–Kier alpha value is -0.120. The van der Waals surface area contributed by atoms with Crippen LogP contribution in [0.4, 0.5) is 0 Å². The molecule has 2 saturated heterocycles. The summed E-state index contributed by atoms with van der Waals surface area (Å²) in [4.78, 5) is 2.40. The van der Waals surface area contributed by atoms with Crippen LogP contribution in [0.15, 0.2) is 0 Å². The summed E-state index contributed by atoms with van der Waals surface area (Å²) in [6, 6.07) is 0. The molecule has 0 aliphatic carbocycles. The second-order valence-corrected chi connectivity index (χ2v) is 4.68. The molecule has 0 aromatic rings. The van der Waals surface area contributed by atoms with E-state index in [1.165, 1.54) is 32.4 Å². The van der Waals surface area contributed by atoms with Gasteiger partial charge in [-0.1, -0.05) is 0 Å². The third-order valence-corrected chi connectivity index (χ3v) is 3.60. The molecule has 1 atom stereocenters. The first kappa shape index (κ1) is 9.44. The molecule has 2 rings (SSSR count). The van der Waals surface area contributed by atoms with Gasteiger partial charge >= 0.3 is 0 Å². The minimum absolute atomic E-state index is 0.336. The average Bonchev–Trinajstić information content (AvgIpc) is 2.55. The fraction of sp³-hybridized carbons (Fsp3) is 1.00. The summed E-state index contributed by atoms with van der Waals surface area (Å²) in [5.74, 6) is 0. The molecule has 0 aromatic heterocycles. The number of rotatable bonds is 1. The Labute approximate surface area is 80.2 Å². The van der Waals surface area contributed by atoms with Crippen LogP contribution in [-0.4, -0.2) is 44.3 Å². The first-order valence-corrected chi connectivity index (χ1v) is 5.24. The molecule has 3 nitrogen and oxygen atoms in total. The summed E-state index contributed by atoms with van der Waals surface area (Å²) >= 11 is 0. The average molecular weight is 184 g/mol. The van der Waals surface area contributed by atoms with Crippen molar-refractivity contribution in [3.05, 3.63) is 0 Å². The Morgan fingerprint density at radius 3 is 2.69 bits per heavy atom. The zero-order chi connectivity index (χ0) is 9.31. The van der Waals surface area contributed by atoms with Gasteiger partial charge in [-0.2, -0.15) is 0 Å². The van der Waals surface area contributed by atoms with E-state index >= 15 is 0 Å². The lowest BCUT2D eigenvalue weighted by molar-refractivity contribution is 0.0738. The molecule has 0 aromatic carbocycles. The van der Waals surface area contributed by atoms with Gasteiger partial charge in [0.1, 0.15) is 0 Å². The predicted octanol–water partition coefficient (Wildman–Crippen LogP) is 0.446. The summed E-state index contributed by atoms with van der Waals surface area (Å²) in [5, 5.41) is 0. The predicted molar refractivity (Wildman–Crippen MR) is 52.6 cm³/mol. The molecule has 0 bridgehead atoms. The van der Waals surface area contributed by atoms with E-state index in [1.54, 1.807) is 0 Å². The minimum Gasteiger partial charge on any atom is -0.376 e. The van der Waals surface area contributed by atoms with E-state index in [9.17, 15) is 0 Å². The number of hydrogen-bond acceptors (Lipinski definition) is 3. The molecule has 0 radical (unpaired) electrons. The molecule has 2 fully saturated rings. The minimum atomic E-state index is 0.336. The topological polar surface area (TPSA) is 38.5 Å². The lowest BCUT2D eigenvalue weighted by atomic mass is 9.77. The van der Waals surface area contributed by atoms with Crippen molar-refractivity contribution in [2.45, 2.75) is 25.4 Å². The van der Waals surface area contributed by atoms with Crippen molar-refractivity contribution < 1.29 is 4.74 Å². The Kier molecular flexibility index (Phi) is 2.58. The maximum atomic E-state index is 5.69. The van der Waals surface area contributed by atoms with Gasteiger partial charge < -0.3 is 15.4 Å². The van der Waals surface area contributed by atoms with Gasteiger partial charge in [0.25, 0.3) is 0 Å². The standard InChI is InChI=1S/C10H20N2O/c1-12-4-2-10(3-5-12)6-9(7-11)13-8-10/h9H,2-8,11H2,1H3. The summed E-state index contributed by atoms with van der Waals surface area (Å²) in [5.41, 5.74) is 6.10. The monoisotopic (exact) mass is 184 g/mol. The molecule has 0 amide bonds. The molecule has 1 unspecified atom stereocenters. The number of piperidine rings is 1. The molecule has 3 heteroatoms. The molecule has 1 spiro atoms. The quantitative estimate of drug-likeness (QED) is 0.643. The maximum Gasteiger partial charge on any atom is 0.0703 e. The Morgan fingerprint density at radius 1 is 1.46 bits per heavy atom. The van der Waals surface area contributed by atoms with Crippen LogP contribution >= 0.6 is 0 Å². The van der Waals surface area contributed by atoms with Gasteiger partial charge in [0.05, 0.1) is 12.7 Å². The molecule has 13 heavy (non-hydrogen) atoms. The van der Waals surface area contributed by atoms with Gasteiger partial charge in [-0.3, -0.25) is 0 Å². The lowest BCUT2D eigenvalue weighted by Gasteiger charge is -2.36. The fourth-order valence-electron chi connectivity index (χ4n) is 2.49. The number of likely N-dealkylation sites (tertiary alicyclic amines) is 1. The van der Waals surface area contributed by atoms with Gasteiger partial charge in [-0.25, -0.2) is 0 Å². The highest BCUT2D eigenvalue weighted by Crippen LogP contribution is 2.41. The molecule has 2 aliphatic heterocycles. The molecule has 76 valence electrons. The van der Waals surface area contributed by atoms with Crippen molar-refractivity contribution in [3.63, 3.8) is 0 Å². The summed E-state index contributed by atoms with van der Waals surface area (Å²) in [6.07, 6.45) is 4.11. The van der Waals surface area contributed by atoms with Crippen molar-refractivity contribution in [2.24, 2.45) is 11.1 Å². The van der Waals surface area contributed by atoms with Crippen LogP contribution in [0.25, 0.3) is 0 Å². The van der Waals surface area contributed by atoms with E-state index < -0.39 is 0 Å². The van der Waals surface area contributed by atoms with E-state index in [2.05, 4.69) is 11.9 Å². The molecular weight excluding hydrogens is 164 g/mol. The smallest absolute Gasteiger partial charge is 0.0703 e. The highest BCUT2D eigenvalue weighted by molar-refractivity contribution is 4.91. The van der Waals surface area contributed by atoms with Crippen molar-refractivity contribution >= 4 is 0 Å². The van der Waals surface area contributed by atoms with Crippen LogP contribution in [-0.2, 0) is 4.74 Å². The van der Waals surface area contributed by atoms with Gasteiger partial charge in [0.2, 0.25) is 0 Å². The molecule has 0 saturated carbocycles. The SMILES string of the molecule is CN1CCC2(CC1)COC(CN)C2. The van der Waals surface area contributed by atoms with Gasteiger partial charge in [-0.15, -0.1) is 0 Å². The zero-order valence-electron chi connectivity index (χ0n) is 8.46. The Morgan fingerprint density at radius 2 is 2.15 bits per heavy atom. The number of hydrogen-bond donors (Lipinski definition) is 1. The largest absolute Gasteiger partial charge is 0.376 e. The first-order chi connectivity index (χ1) is 6.24. The number of nitrogens with zero attached hydrogens (tertiary/aromatic N) is 1. The maximum absolute atomic E-state index is 5.69. The van der Waals surface area contributed by atoms with Crippen LogP contribution in [0.1, 0.15) is 19.3 Å². The molecule has 2 heterocycles. The van der Waals surface area contributed by atoms with Gasteiger partial charge in [-0.05, 0) is 44.8 Å². The van der Waals surface area contributed by atoms with E-state index in [0.29, 0.717) is 18.1 Å². The second-order valence-electron chi connectivity index (χ2n) is 4.68. The third kappa shape index (κ3) is 1.87.